The number of hydrogen-bond donors (Lipinski definition) is 1. The number of alkyl halides is 4. The molecule has 4 nitrogen and oxygen atoms in total. The molecule has 0 aromatic heterocycles. The number of halogens is 4. The molecule has 158 valence electrons. The summed E-state index contributed by atoms with van der Waals surface area (Å²) >= 11 is 0. The highest BCUT2D eigenvalue weighted by molar-refractivity contribution is 5.79. The van der Waals surface area contributed by atoms with Crippen LogP contribution in [-0.2, 0) is 9.53 Å². The minimum atomic E-state index is -4.82. The van der Waals surface area contributed by atoms with Crippen molar-refractivity contribution in [3.63, 3.8) is 0 Å². The first-order chi connectivity index (χ1) is 12.4. The molecule has 2 rings (SSSR count). The molecule has 0 bridgehead atoms. The Bertz CT molecular complexity index is 516. The van der Waals surface area contributed by atoms with E-state index < -0.39 is 42.2 Å². The molecule has 2 aliphatic rings. The quantitative estimate of drug-likeness (QED) is 0.697. The monoisotopic (exact) mass is 397 g/mol. The van der Waals surface area contributed by atoms with Gasteiger partial charge < -0.3 is 9.84 Å². The third kappa shape index (κ3) is 5.41. The van der Waals surface area contributed by atoms with Crippen molar-refractivity contribution in [3.05, 3.63) is 0 Å². The van der Waals surface area contributed by atoms with Crippen molar-refractivity contribution in [2.45, 2.75) is 76.4 Å². The number of ether oxygens (including phenoxy) is 1. The van der Waals surface area contributed by atoms with Crippen LogP contribution in [0.5, 0.6) is 0 Å². The summed E-state index contributed by atoms with van der Waals surface area (Å²) < 4.78 is 60.9. The molecule has 1 N–H and O–H groups in total. The summed E-state index contributed by atoms with van der Waals surface area (Å²) in [5, 5.41) is 10.7. The van der Waals surface area contributed by atoms with Crippen molar-refractivity contribution in [2.24, 2.45) is 11.3 Å². The molecule has 0 aromatic carbocycles. The van der Waals surface area contributed by atoms with E-state index in [-0.39, 0.29) is 44.2 Å². The van der Waals surface area contributed by atoms with Crippen molar-refractivity contribution in [3.8, 4) is 0 Å². The predicted molar refractivity (Wildman–Crippen MR) is 93.1 cm³/mol. The fourth-order valence-corrected chi connectivity index (χ4v) is 4.66. The molecule has 8 heteroatoms. The lowest BCUT2D eigenvalue weighted by Crippen LogP contribution is -2.58. The highest BCUT2D eigenvalue weighted by Gasteiger charge is 2.58. The minimum Gasteiger partial charge on any atom is -0.381 e. The van der Waals surface area contributed by atoms with Crippen LogP contribution in [-0.4, -0.2) is 66.6 Å². The maximum atomic E-state index is 14.0. The molecule has 1 heterocycles. The van der Waals surface area contributed by atoms with Gasteiger partial charge in [0, 0.05) is 39.6 Å². The van der Waals surface area contributed by atoms with E-state index in [0.717, 1.165) is 0 Å². The molecule has 0 spiro atoms. The molecular weight excluding hydrogens is 366 g/mol. The van der Waals surface area contributed by atoms with Gasteiger partial charge in [0.1, 0.15) is 12.0 Å². The van der Waals surface area contributed by atoms with E-state index in [1.165, 1.54) is 12.0 Å². The number of hydrogen-bond acceptors (Lipinski definition) is 4. The largest absolute Gasteiger partial charge is 0.418 e. The number of carbonyl (C=O) groups is 1. The molecule has 1 aliphatic heterocycles. The third-order valence-electron chi connectivity index (χ3n) is 6.20. The lowest BCUT2D eigenvalue weighted by atomic mass is 9.64. The Morgan fingerprint density at radius 2 is 1.78 bits per heavy atom. The van der Waals surface area contributed by atoms with E-state index >= 15 is 0 Å². The predicted octanol–water partition coefficient (Wildman–Crippen LogP) is 3.51. The van der Waals surface area contributed by atoms with Gasteiger partial charge in [0.15, 0.2) is 5.60 Å². The van der Waals surface area contributed by atoms with Gasteiger partial charge in [0.2, 0.25) is 0 Å². The smallest absolute Gasteiger partial charge is 0.381 e. The number of nitrogens with zero attached hydrogens (tertiary/aromatic N) is 1. The van der Waals surface area contributed by atoms with Gasteiger partial charge in [-0.2, -0.15) is 13.2 Å². The van der Waals surface area contributed by atoms with Crippen molar-refractivity contribution < 1.29 is 32.2 Å². The van der Waals surface area contributed by atoms with Crippen LogP contribution in [0.1, 0.15) is 52.4 Å². The second kappa shape index (κ2) is 8.33. The van der Waals surface area contributed by atoms with E-state index in [2.05, 4.69) is 0 Å². The van der Waals surface area contributed by atoms with E-state index in [1.54, 1.807) is 13.8 Å². The molecule has 27 heavy (non-hydrogen) atoms. The van der Waals surface area contributed by atoms with Gasteiger partial charge in [-0.1, -0.05) is 13.8 Å². The minimum absolute atomic E-state index is 0.0289. The standard InChI is InChI=1S/C19H31F4NO3/c1-17(2,15-10-13(20)4-5-16(15)27-3)11-18(26,19(21,22)23)12-24-8-6-14(25)7-9-24/h13,15-16,26H,4-12H2,1-3H3. The summed E-state index contributed by atoms with van der Waals surface area (Å²) in [4.78, 5) is 12.8. The third-order valence-corrected chi connectivity index (χ3v) is 6.20. The van der Waals surface area contributed by atoms with Crippen molar-refractivity contribution in [2.75, 3.05) is 26.7 Å². The Morgan fingerprint density at radius 3 is 2.30 bits per heavy atom. The fourth-order valence-electron chi connectivity index (χ4n) is 4.66. The highest BCUT2D eigenvalue weighted by atomic mass is 19.4. The summed E-state index contributed by atoms with van der Waals surface area (Å²) in [6.07, 6.45) is -5.39. The van der Waals surface area contributed by atoms with E-state index in [9.17, 15) is 27.5 Å². The van der Waals surface area contributed by atoms with Crippen LogP contribution in [0.2, 0.25) is 0 Å². The van der Waals surface area contributed by atoms with E-state index in [0.29, 0.717) is 12.8 Å². The second-order valence-electron chi connectivity index (χ2n) is 8.80. The van der Waals surface area contributed by atoms with Crippen molar-refractivity contribution >= 4 is 5.78 Å². The highest BCUT2D eigenvalue weighted by Crippen LogP contribution is 2.48. The molecule has 2 fully saturated rings. The molecule has 4 unspecified atom stereocenters. The molecule has 0 radical (unpaired) electrons. The number of methoxy groups -OCH3 is 1. The number of β-amino-alcohol motifs (C(OH)–C–C–N with tert-alkyl or cyclic N) is 1. The number of likely N-dealkylation sites (tertiary alicyclic amines) is 1. The number of carbonyl (C=O) groups excluding carboxylic acids is 1. The number of rotatable bonds is 6. The first-order valence-corrected chi connectivity index (χ1v) is 9.58. The zero-order valence-corrected chi connectivity index (χ0v) is 16.3. The van der Waals surface area contributed by atoms with Crippen LogP contribution in [0, 0.1) is 11.3 Å². The Morgan fingerprint density at radius 1 is 1.19 bits per heavy atom. The van der Waals surface area contributed by atoms with Gasteiger partial charge in [-0.3, -0.25) is 9.69 Å². The van der Waals surface area contributed by atoms with Crippen molar-refractivity contribution in [1.29, 1.82) is 0 Å². The molecule has 4 atom stereocenters. The van der Waals surface area contributed by atoms with Gasteiger partial charge in [-0.15, -0.1) is 0 Å². The Balaban J connectivity index is 2.19. The van der Waals surface area contributed by atoms with Gasteiger partial charge in [-0.25, -0.2) is 4.39 Å². The van der Waals surface area contributed by atoms with Crippen LogP contribution < -0.4 is 0 Å². The molecule has 0 aromatic rings. The number of aliphatic hydroxyl groups is 1. The van der Waals surface area contributed by atoms with E-state index in [1.807, 2.05) is 0 Å². The van der Waals surface area contributed by atoms with Gasteiger partial charge >= 0.3 is 6.18 Å². The normalized spacial score (nSPS) is 31.0. The van der Waals surface area contributed by atoms with Gasteiger partial charge in [0.05, 0.1) is 6.10 Å². The molecule has 1 aliphatic carbocycles. The maximum Gasteiger partial charge on any atom is 0.418 e. The molecular formula is C19H31F4NO3. The summed E-state index contributed by atoms with van der Waals surface area (Å²) in [6.45, 7) is 3.16. The molecule has 1 saturated heterocycles. The summed E-state index contributed by atoms with van der Waals surface area (Å²) in [5.41, 5.74) is -3.89. The topological polar surface area (TPSA) is 49.8 Å². The Kier molecular flexibility index (Phi) is 6.96. The fraction of sp³-hybridized carbons (Fsp3) is 0.947. The zero-order valence-electron chi connectivity index (χ0n) is 16.3. The zero-order chi connectivity index (χ0) is 20.5. The van der Waals surface area contributed by atoms with Crippen LogP contribution in [0.25, 0.3) is 0 Å². The average Bonchev–Trinajstić information content (AvgIpc) is 2.55. The van der Waals surface area contributed by atoms with Crippen LogP contribution in [0.3, 0.4) is 0 Å². The van der Waals surface area contributed by atoms with Crippen molar-refractivity contribution in [1.82, 2.24) is 4.90 Å². The SMILES string of the molecule is COC1CCC(F)CC1C(C)(C)CC(O)(CN1CCC(=O)CC1)C(F)(F)F. The summed E-state index contributed by atoms with van der Waals surface area (Å²) in [7, 11) is 1.49. The first kappa shape index (κ1) is 22.6. The Labute approximate surface area is 158 Å². The lowest BCUT2D eigenvalue weighted by molar-refractivity contribution is -0.278. The summed E-state index contributed by atoms with van der Waals surface area (Å²) in [5.74, 6) is -0.385. The molecule has 1 saturated carbocycles. The lowest BCUT2D eigenvalue weighted by Gasteiger charge is -2.47. The van der Waals surface area contributed by atoms with Crippen LogP contribution >= 0.6 is 0 Å². The second-order valence-corrected chi connectivity index (χ2v) is 8.80. The summed E-state index contributed by atoms with van der Waals surface area (Å²) in [6, 6.07) is 0. The van der Waals surface area contributed by atoms with Crippen LogP contribution in [0.4, 0.5) is 17.6 Å². The number of ketones is 1. The Hall–Kier alpha value is -0.730. The van der Waals surface area contributed by atoms with Crippen LogP contribution in [0.15, 0.2) is 0 Å². The molecule has 0 amide bonds. The number of Topliss-reactive ketones (excluding diaryl/α,β-unsaturated/α-hetero) is 1. The van der Waals surface area contributed by atoms with Gasteiger partial charge in [-0.05, 0) is 37.0 Å². The van der Waals surface area contributed by atoms with E-state index in [4.69, 9.17) is 4.74 Å². The maximum absolute atomic E-state index is 14.0. The first-order valence-electron chi connectivity index (χ1n) is 9.58. The number of piperidine rings is 1. The van der Waals surface area contributed by atoms with Gasteiger partial charge in [0.25, 0.3) is 0 Å². The average molecular weight is 397 g/mol.